The molecule has 0 saturated carbocycles. The molecular formula is C39H43N3O6S. The van der Waals surface area contributed by atoms with E-state index >= 15 is 0 Å². The number of hydrogen-bond acceptors (Lipinski definition) is 8. The van der Waals surface area contributed by atoms with Gasteiger partial charge in [-0.3, -0.25) is 9.88 Å². The Morgan fingerprint density at radius 1 is 0.857 bits per heavy atom. The van der Waals surface area contributed by atoms with E-state index in [1.165, 1.54) is 0 Å². The Labute approximate surface area is 288 Å². The van der Waals surface area contributed by atoms with Gasteiger partial charge in [-0.2, -0.15) is 0 Å². The molecule has 49 heavy (non-hydrogen) atoms. The molecule has 10 heteroatoms. The van der Waals surface area contributed by atoms with Crippen molar-refractivity contribution >= 4 is 20.9 Å². The second kappa shape index (κ2) is 15.3. The fourth-order valence-corrected chi connectivity index (χ4v) is 7.48. The predicted molar refractivity (Wildman–Crippen MR) is 189 cm³/mol. The number of aliphatic hydroxyl groups is 2. The Morgan fingerprint density at radius 3 is 2.24 bits per heavy atom. The largest absolute Gasteiger partial charge is 0.392 e. The highest BCUT2D eigenvalue weighted by atomic mass is 32.2. The summed E-state index contributed by atoms with van der Waals surface area (Å²) in [5, 5.41) is 21.5. The third kappa shape index (κ3) is 7.92. The van der Waals surface area contributed by atoms with Crippen molar-refractivity contribution < 1.29 is 28.1 Å². The van der Waals surface area contributed by atoms with Gasteiger partial charge in [0.2, 0.25) is 10.0 Å². The van der Waals surface area contributed by atoms with Crippen molar-refractivity contribution in [1.29, 1.82) is 0 Å². The van der Waals surface area contributed by atoms with Crippen LogP contribution in [0, 0.1) is 5.92 Å². The lowest BCUT2D eigenvalue weighted by Crippen LogP contribution is -2.46. The fraction of sp³-hybridized carbons (Fsp3) is 0.308. The minimum absolute atomic E-state index is 0.0306. The maximum absolute atomic E-state index is 13.2. The van der Waals surface area contributed by atoms with Gasteiger partial charge in [-0.25, -0.2) is 13.1 Å². The van der Waals surface area contributed by atoms with Crippen molar-refractivity contribution in [3.05, 3.63) is 143 Å². The van der Waals surface area contributed by atoms with Crippen LogP contribution >= 0.6 is 0 Å². The quantitative estimate of drug-likeness (QED) is 0.146. The number of hydrogen-bond donors (Lipinski definition) is 3. The van der Waals surface area contributed by atoms with E-state index in [-0.39, 0.29) is 42.2 Å². The summed E-state index contributed by atoms with van der Waals surface area (Å²) < 4.78 is 42.5. The van der Waals surface area contributed by atoms with Crippen molar-refractivity contribution in [2.75, 3.05) is 13.6 Å². The van der Waals surface area contributed by atoms with Gasteiger partial charge < -0.3 is 19.7 Å². The molecule has 4 aromatic carbocycles. The van der Waals surface area contributed by atoms with Crippen LogP contribution in [-0.2, 0) is 32.6 Å². The Balaban J connectivity index is 1.19. The molecule has 1 aliphatic rings. The summed E-state index contributed by atoms with van der Waals surface area (Å²) in [6.45, 7) is 4.74. The fourth-order valence-electron chi connectivity index (χ4n) is 6.29. The lowest BCUT2D eigenvalue weighted by atomic mass is 9.89. The van der Waals surface area contributed by atoms with Gasteiger partial charge in [0.05, 0.1) is 30.4 Å². The van der Waals surface area contributed by atoms with Gasteiger partial charge in [-0.15, -0.1) is 0 Å². The lowest BCUT2D eigenvalue weighted by molar-refractivity contribution is -0.276. The number of sulfonamides is 1. The number of benzene rings is 4. The van der Waals surface area contributed by atoms with Crippen LogP contribution in [0.3, 0.4) is 0 Å². The normalized spacial score (nSPS) is 21.1. The van der Waals surface area contributed by atoms with Gasteiger partial charge in [0.15, 0.2) is 6.29 Å². The Bertz CT molecular complexity index is 1930. The van der Waals surface area contributed by atoms with Crippen LogP contribution in [0.25, 0.3) is 10.9 Å². The minimum Gasteiger partial charge on any atom is -0.392 e. The number of nitrogens with one attached hydrogen (secondary N) is 1. The number of rotatable bonds is 12. The number of aromatic nitrogens is 1. The molecule has 1 fully saturated rings. The summed E-state index contributed by atoms with van der Waals surface area (Å²) in [7, 11) is -1.82. The molecule has 0 spiro atoms. The van der Waals surface area contributed by atoms with E-state index in [0.29, 0.717) is 12.1 Å². The second-order valence-electron chi connectivity index (χ2n) is 12.8. The van der Waals surface area contributed by atoms with E-state index in [1.807, 2.05) is 105 Å². The highest BCUT2D eigenvalue weighted by molar-refractivity contribution is 7.89. The van der Waals surface area contributed by atoms with Gasteiger partial charge in [0, 0.05) is 42.2 Å². The average Bonchev–Trinajstić information content (AvgIpc) is 3.14. The van der Waals surface area contributed by atoms with Gasteiger partial charge in [-0.05, 0) is 48.4 Å². The molecule has 6 atom stereocenters. The third-order valence-corrected chi connectivity index (χ3v) is 10.9. The van der Waals surface area contributed by atoms with E-state index in [1.54, 1.807) is 24.4 Å². The molecule has 1 unspecified atom stereocenters. The zero-order chi connectivity index (χ0) is 34.5. The first-order valence-corrected chi connectivity index (χ1v) is 18.0. The molecule has 1 aromatic heterocycles. The Kier molecular flexibility index (Phi) is 10.9. The molecule has 0 radical (unpaired) electrons. The summed E-state index contributed by atoms with van der Waals surface area (Å²) in [5.41, 5.74) is 4.68. The summed E-state index contributed by atoms with van der Waals surface area (Å²) in [5.74, 6) is -0.0306. The number of ether oxygens (including phenoxy) is 2. The summed E-state index contributed by atoms with van der Waals surface area (Å²) in [6.07, 6.45) is -0.292. The molecule has 0 amide bonds. The summed E-state index contributed by atoms with van der Waals surface area (Å²) >= 11 is 0. The molecule has 0 bridgehead atoms. The molecule has 1 saturated heterocycles. The smallest absolute Gasteiger partial charge is 0.243 e. The van der Waals surface area contributed by atoms with Crippen molar-refractivity contribution in [2.45, 2.75) is 62.5 Å². The molecular weight excluding hydrogens is 639 g/mol. The lowest BCUT2D eigenvalue weighted by Gasteiger charge is -2.43. The number of aliphatic hydroxyl groups excluding tert-OH is 2. The van der Waals surface area contributed by atoms with E-state index in [2.05, 4.69) is 21.5 Å². The van der Waals surface area contributed by atoms with Crippen molar-refractivity contribution in [1.82, 2.24) is 14.6 Å². The monoisotopic (exact) mass is 681 g/mol. The van der Waals surface area contributed by atoms with Crippen LogP contribution < -0.4 is 4.72 Å². The number of fused-ring (bicyclic) bond motifs is 1. The van der Waals surface area contributed by atoms with Crippen LogP contribution in [0.2, 0.25) is 0 Å². The average molecular weight is 682 g/mol. The number of para-hydroxylation sites is 1. The van der Waals surface area contributed by atoms with Crippen LogP contribution in [-0.4, -0.2) is 54.3 Å². The molecule has 5 aromatic rings. The van der Waals surface area contributed by atoms with E-state index in [4.69, 9.17) is 9.47 Å². The van der Waals surface area contributed by atoms with E-state index in [9.17, 15) is 18.6 Å². The molecule has 6 rings (SSSR count). The van der Waals surface area contributed by atoms with Crippen molar-refractivity contribution in [2.24, 2.45) is 5.92 Å². The number of nitrogens with zero attached hydrogens (tertiary/aromatic N) is 2. The molecule has 9 nitrogen and oxygen atoms in total. The second-order valence-corrected chi connectivity index (χ2v) is 14.5. The van der Waals surface area contributed by atoms with Crippen LogP contribution in [0.5, 0.6) is 0 Å². The predicted octanol–water partition coefficient (Wildman–Crippen LogP) is 6.05. The molecule has 3 N–H and O–H groups in total. The van der Waals surface area contributed by atoms with Crippen LogP contribution in [0.1, 0.15) is 60.2 Å². The first-order chi connectivity index (χ1) is 23.6. The van der Waals surface area contributed by atoms with E-state index < -0.39 is 22.4 Å². The van der Waals surface area contributed by atoms with Gasteiger partial charge >= 0.3 is 0 Å². The third-order valence-electron chi connectivity index (χ3n) is 9.49. The van der Waals surface area contributed by atoms with Crippen LogP contribution in [0.15, 0.2) is 120 Å². The van der Waals surface area contributed by atoms with Gasteiger partial charge in [0.1, 0.15) is 4.90 Å². The zero-order valence-corrected chi connectivity index (χ0v) is 28.7. The van der Waals surface area contributed by atoms with Crippen molar-refractivity contribution in [3.8, 4) is 0 Å². The maximum Gasteiger partial charge on any atom is 0.243 e. The number of pyridine rings is 1. The molecule has 256 valence electrons. The van der Waals surface area contributed by atoms with Crippen LogP contribution in [0.4, 0.5) is 0 Å². The zero-order valence-electron chi connectivity index (χ0n) is 27.9. The highest BCUT2D eigenvalue weighted by Crippen LogP contribution is 2.42. The van der Waals surface area contributed by atoms with Gasteiger partial charge in [-0.1, -0.05) is 104 Å². The summed E-state index contributed by atoms with van der Waals surface area (Å²) in [4.78, 5) is 6.55. The topological polar surface area (TPSA) is 121 Å². The molecule has 2 heterocycles. The standard InChI is InChI=1S/C39H43N3O6S/c1-26-34(24-42(3)27(2)37(44)31-9-5-4-6-10-31)47-39(48-38(26)32-18-16-29(25-43)17-19-32)33-20-14-28(15-21-33)23-41-49(45,46)35-13-7-11-30-12-8-22-40-36(30)35/h4-22,26-27,34,37-39,41,43-44H,23-25H2,1-3H3/t26-,27-,34+,37-,38+,39?/m0/s1. The first kappa shape index (κ1) is 34.8. The Morgan fingerprint density at radius 2 is 1.53 bits per heavy atom. The minimum atomic E-state index is -3.81. The first-order valence-electron chi connectivity index (χ1n) is 16.5. The number of likely N-dealkylation sites (N-methyl/N-ethyl adjacent to an activating group) is 1. The molecule has 0 aliphatic carbocycles. The van der Waals surface area contributed by atoms with E-state index in [0.717, 1.165) is 33.2 Å². The van der Waals surface area contributed by atoms with Gasteiger partial charge in [0.25, 0.3) is 0 Å². The maximum atomic E-state index is 13.2. The molecule has 1 aliphatic heterocycles. The van der Waals surface area contributed by atoms with Crippen molar-refractivity contribution in [3.63, 3.8) is 0 Å². The summed E-state index contributed by atoms with van der Waals surface area (Å²) in [6, 6.07) is 33.5. The Hall–Kier alpha value is -4.00. The highest BCUT2D eigenvalue weighted by Gasteiger charge is 2.39. The SMILES string of the molecule is C[C@H]1[C@@H](CN(C)[C@@H](C)[C@H](O)c2ccccc2)OC(c2ccc(CNS(=O)(=O)c3cccc4cccnc34)cc2)O[C@H]1c1ccc(CO)cc1.